The van der Waals surface area contributed by atoms with E-state index in [0.717, 1.165) is 17.9 Å². The lowest BCUT2D eigenvalue weighted by molar-refractivity contribution is 1.30. The molecule has 0 spiro atoms. The van der Waals surface area contributed by atoms with Crippen LogP contribution in [0.25, 0.3) is 58.6 Å². The Morgan fingerprint density at radius 3 is 2.02 bits per heavy atom. The van der Waals surface area contributed by atoms with Crippen LogP contribution in [0.4, 0.5) is 22.1 Å². The maximum atomic E-state index is 3.56. The van der Waals surface area contributed by atoms with Crippen molar-refractivity contribution in [3.8, 4) is 22.3 Å². The average Bonchev–Trinajstić information content (AvgIpc) is 3.69. The second-order valence-corrected chi connectivity index (χ2v) is 13.5. The Labute approximate surface area is 270 Å². The minimum absolute atomic E-state index is 0.887. The van der Waals surface area contributed by atoms with Gasteiger partial charge in [-0.05, 0) is 64.7 Å². The molecule has 0 amide bonds. The van der Waals surface area contributed by atoms with Gasteiger partial charge in [-0.2, -0.15) is 0 Å². The fourth-order valence-corrected chi connectivity index (χ4v) is 8.92. The molecular formula is C41H28N2S2. The number of thiophene rings is 2. The van der Waals surface area contributed by atoms with E-state index in [0.29, 0.717) is 0 Å². The fourth-order valence-electron chi connectivity index (χ4n) is 6.59. The molecule has 1 N–H and O–H groups in total. The van der Waals surface area contributed by atoms with Crippen LogP contribution in [-0.4, -0.2) is 6.54 Å². The van der Waals surface area contributed by atoms with Crippen molar-refractivity contribution < 1.29 is 0 Å². The smallest absolute Gasteiger partial charge is 0.0971 e. The Balaban J connectivity index is 1.19. The number of rotatable bonds is 5. The highest BCUT2D eigenvalue weighted by atomic mass is 32.1. The molecule has 0 bridgehead atoms. The van der Waals surface area contributed by atoms with Gasteiger partial charge < -0.3 is 10.2 Å². The van der Waals surface area contributed by atoms with E-state index in [1.165, 1.54) is 68.8 Å². The molecular weight excluding hydrogens is 585 g/mol. The minimum atomic E-state index is 0.887. The molecule has 2 nitrogen and oxygen atoms in total. The summed E-state index contributed by atoms with van der Waals surface area (Å²) in [5.41, 5.74) is 9.71. The van der Waals surface area contributed by atoms with Gasteiger partial charge in [0.05, 0.1) is 15.4 Å². The Hall–Kier alpha value is -5.16. The first-order chi connectivity index (χ1) is 22.3. The minimum Gasteiger partial charge on any atom is -0.373 e. The van der Waals surface area contributed by atoms with Crippen molar-refractivity contribution in [1.82, 2.24) is 0 Å². The normalized spacial score (nSPS) is 12.4. The standard InChI is InChI=1S/C41H28N2S2/c1-2-9-27(10-3-1)28-18-22-30(23-19-28)43(36-15-6-13-34-33-11-4-5-16-37(33)44-40(34)36)31-24-20-29(21-25-31)32-12-7-17-38-39(32)35-14-8-26-42-41(35)45-38/h1-25,42H,26H2. The van der Waals surface area contributed by atoms with Crippen LogP contribution in [0.1, 0.15) is 5.56 Å². The van der Waals surface area contributed by atoms with Gasteiger partial charge >= 0.3 is 0 Å². The van der Waals surface area contributed by atoms with E-state index in [1.807, 2.05) is 22.7 Å². The van der Waals surface area contributed by atoms with Crippen LogP contribution in [0.15, 0.2) is 146 Å². The molecule has 214 valence electrons. The van der Waals surface area contributed by atoms with Crippen LogP contribution >= 0.6 is 22.7 Å². The third-order valence-electron chi connectivity index (χ3n) is 8.71. The van der Waals surface area contributed by atoms with Gasteiger partial charge in [0.15, 0.2) is 0 Å². The molecule has 0 unspecified atom stereocenters. The van der Waals surface area contributed by atoms with Gasteiger partial charge in [-0.25, -0.2) is 0 Å². The van der Waals surface area contributed by atoms with Crippen molar-refractivity contribution in [3.05, 3.63) is 151 Å². The Morgan fingerprint density at radius 1 is 0.533 bits per heavy atom. The molecule has 0 fully saturated rings. The quantitative estimate of drug-likeness (QED) is 0.208. The van der Waals surface area contributed by atoms with Crippen molar-refractivity contribution in [2.24, 2.45) is 0 Å². The second kappa shape index (κ2) is 10.8. The summed E-state index contributed by atoms with van der Waals surface area (Å²) in [6.07, 6.45) is 4.49. The van der Waals surface area contributed by atoms with Crippen LogP contribution in [0.5, 0.6) is 0 Å². The van der Waals surface area contributed by atoms with Gasteiger partial charge in [-0.15, -0.1) is 22.7 Å². The molecule has 0 atom stereocenters. The molecule has 0 radical (unpaired) electrons. The van der Waals surface area contributed by atoms with E-state index >= 15 is 0 Å². The first-order valence-corrected chi connectivity index (χ1v) is 16.9. The first kappa shape index (κ1) is 26.3. The Bertz CT molecular complexity index is 2360. The van der Waals surface area contributed by atoms with E-state index in [9.17, 15) is 0 Å². The predicted molar refractivity (Wildman–Crippen MR) is 198 cm³/mol. The maximum absolute atomic E-state index is 3.56. The van der Waals surface area contributed by atoms with E-state index in [1.54, 1.807) is 0 Å². The van der Waals surface area contributed by atoms with Crippen molar-refractivity contribution in [1.29, 1.82) is 0 Å². The number of benzene rings is 6. The highest BCUT2D eigenvalue weighted by molar-refractivity contribution is 7.26. The monoisotopic (exact) mass is 612 g/mol. The fraction of sp³-hybridized carbons (Fsp3) is 0.0244. The highest BCUT2D eigenvalue weighted by Gasteiger charge is 2.20. The predicted octanol–water partition coefficient (Wildman–Crippen LogP) is 12.5. The molecule has 0 saturated heterocycles. The number of anilines is 4. The van der Waals surface area contributed by atoms with E-state index in [4.69, 9.17) is 0 Å². The zero-order valence-electron chi connectivity index (χ0n) is 24.4. The maximum Gasteiger partial charge on any atom is 0.0971 e. The lowest BCUT2D eigenvalue weighted by Gasteiger charge is -2.26. The molecule has 0 aliphatic carbocycles. The molecule has 1 aliphatic rings. The summed E-state index contributed by atoms with van der Waals surface area (Å²) >= 11 is 3.71. The van der Waals surface area contributed by atoms with Gasteiger partial charge in [-0.3, -0.25) is 0 Å². The molecule has 3 heterocycles. The topological polar surface area (TPSA) is 15.3 Å². The van der Waals surface area contributed by atoms with Crippen LogP contribution in [0.3, 0.4) is 0 Å². The van der Waals surface area contributed by atoms with E-state index in [2.05, 4.69) is 162 Å². The molecule has 9 rings (SSSR count). The zero-order valence-corrected chi connectivity index (χ0v) is 26.0. The lowest BCUT2D eigenvalue weighted by Crippen LogP contribution is -2.10. The number of nitrogens with one attached hydrogen (secondary N) is 1. The van der Waals surface area contributed by atoms with E-state index < -0.39 is 0 Å². The SMILES string of the molecule is C1=Cc2c(sc3cccc(-c4ccc(N(c5ccc(-c6ccccc6)cc5)c5cccc6c5sc5ccccc56)cc4)c23)NC1. The average molecular weight is 613 g/mol. The molecule has 0 saturated carbocycles. The Kier molecular flexibility index (Phi) is 6.29. The van der Waals surface area contributed by atoms with Gasteiger partial charge in [0.25, 0.3) is 0 Å². The van der Waals surface area contributed by atoms with Crippen LogP contribution in [0, 0.1) is 0 Å². The summed E-state index contributed by atoms with van der Waals surface area (Å²) in [6.45, 7) is 0.887. The molecule has 4 heteroatoms. The third kappa shape index (κ3) is 4.45. The Morgan fingerprint density at radius 2 is 1.20 bits per heavy atom. The zero-order chi connectivity index (χ0) is 29.7. The first-order valence-electron chi connectivity index (χ1n) is 15.2. The lowest BCUT2D eigenvalue weighted by atomic mass is 9.98. The second-order valence-electron chi connectivity index (χ2n) is 11.4. The van der Waals surface area contributed by atoms with Crippen molar-refractivity contribution in [3.63, 3.8) is 0 Å². The molecule has 6 aromatic carbocycles. The summed E-state index contributed by atoms with van der Waals surface area (Å²) in [7, 11) is 0. The van der Waals surface area contributed by atoms with Gasteiger partial charge in [-0.1, -0.05) is 109 Å². The van der Waals surface area contributed by atoms with Crippen LogP contribution in [-0.2, 0) is 0 Å². The number of hydrogen-bond acceptors (Lipinski definition) is 4. The highest BCUT2D eigenvalue weighted by Crippen LogP contribution is 2.46. The van der Waals surface area contributed by atoms with Gasteiger partial charge in [0.1, 0.15) is 0 Å². The van der Waals surface area contributed by atoms with Gasteiger partial charge in [0.2, 0.25) is 0 Å². The summed E-state index contributed by atoms with van der Waals surface area (Å²) in [6, 6.07) is 50.8. The van der Waals surface area contributed by atoms with Crippen molar-refractivity contribution >= 4 is 81.1 Å². The van der Waals surface area contributed by atoms with Crippen LogP contribution in [0.2, 0.25) is 0 Å². The number of nitrogens with zero attached hydrogens (tertiary/aromatic N) is 1. The summed E-state index contributed by atoms with van der Waals surface area (Å²) < 4.78 is 3.92. The summed E-state index contributed by atoms with van der Waals surface area (Å²) in [5, 5.41) is 8.76. The molecule has 1 aliphatic heterocycles. The molecule has 45 heavy (non-hydrogen) atoms. The van der Waals surface area contributed by atoms with Gasteiger partial charge in [0, 0.05) is 49.0 Å². The van der Waals surface area contributed by atoms with Crippen LogP contribution < -0.4 is 10.2 Å². The third-order valence-corrected chi connectivity index (χ3v) is 11.0. The summed E-state index contributed by atoms with van der Waals surface area (Å²) in [4.78, 5) is 2.41. The van der Waals surface area contributed by atoms with E-state index in [-0.39, 0.29) is 0 Å². The molecule has 2 aromatic heterocycles. The largest absolute Gasteiger partial charge is 0.373 e. The number of hydrogen-bond donors (Lipinski definition) is 1. The van der Waals surface area contributed by atoms with Crippen molar-refractivity contribution in [2.45, 2.75) is 0 Å². The molecule has 8 aromatic rings. The van der Waals surface area contributed by atoms with Crippen molar-refractivity contribution in [2.75, 3.05) is 16.8 Å². The summed E-state index contributed by atoms with van der Waals surface area (Å²) in [5.74, 6) is 0. The number of fused-ring (bicyclic) bond motifs is 6.